The zero-order chi connectivity index (χ0) is 25.8. The van der Waals surface area contributed by atoms with Gasteiger partial charge in [0.05, 0.1) is 14.2 Å². The molecule has 6 heteroatoms. The van der Waals surface area contributed by atoms with Crippen LogP contribution in [0.5, 0.6) is 17.2 Å². The number of ether oxygens (including phenoxy) is 2. The van der Waals surface area contributed by atoms with Crippen molar-refractivity contribution < 1.29 is 14.0 Å². The highest BCUT2D eigenvalue weighted by molar-refractivity contribution is 7.68. The fraction of sp³-hybridized carbons (Fsp3) is 0.200. The molecule has 0 amide bonds. The Balaban J connectivity index is 0.000000383. The summed E-state index contributed by atoms with van der Waals surface area (Å²) in [5.74, 6) is 2.73. The fourth-order valence-electron chi connectivity index (χ4n) is 3.37. The van der Waals surface area contributed by atoms with E-state index in [0.29, 0.717) is 14.8 Å². The molecule has 4 nitrogen and oxygen atoms in total. The van der Waals surface area contributed by atoms with E-state index in [1.54, 1.807) is 14.2 Å². The van der Waals surface area contributed by atoms with Crippen molar-refractivity contribution in [1.82, 2.24) is 4.44 Å². The normalized spacial score (nSPS) is 11.8. The maximum absolute atomic E-state index is 6.61. The lowest BCUT2D eigenvalue weighted by Gasteiger charge is -2.34. The van der Waals surface area contributed by atoms with Gasteiger partial charge in [0.2, 0.25) is 8.30 Å². The van der Waals surface area contributed by atoms with Gasteiger partial charge in [-0.2, -0.15) is 0 Å². The first kappa shape index (κ1) is 27.7. The molecule has 4 aromatic rings. The first-order valence-electron chi connectivity index (χ1n) is 11.9. The van der Waals surface area contributed by atoms with Gasteiger partial charge in [-0.25, -0.2) is 4.44 Å². The molecule has 0 bridgehead atoms. The summed E-state index contributed by atoms with van der Waals surface area (Å²) in [6.07, 6.45) is 0. The monoisotopic (exact) mass is 519 g/mol. The van der Waals surface area contributed by atoms with Crippen molar-refractivity contribution in [2.45, 2.75) is 26.8 Å². The molecule has 2 atom stereocenters. The Morgan fingerprint density at radius 2 is 1.22 bits per heavy atom. The van der Waals surface area contributed by atoms with Crippen LogP contribution in [-0.2, 0) is 0 Å². The number of para-hydroxylation sites is 3. The Hall–Kier alpha value is -2.90. The van der Waals surface area contributed by atoms with Crippen LogP contribution in [0.3, 0.4) is 0 Å². The number of hydrogen-bond acceptors (Lipinski definition) is 4. The average molecular weight is 520 g/mol. The van der Waals surface area contributed by atoms with Gasteiger partial charge >= 0.3 is 0 Å². The van der Waals surface area contributed by atoms with E-state index in [2.05, 4.69) is 61.6 Å². The Morgan fingerprint density at radius 3 is 1.78 bits per heavy atom. The van der Waals surface area contributed by atoms with E-state index in [0.717, 1.165) is 17.2 Å². The van der Waals surface area contributed by atoms with Crippen molar-refractivity contribution in [2.75, 3.05) is 14.2 Å². The van der Waals surface area contributed by atoms with Gasteiger partial charge in [-0.15, -0.1) is 0 Å². The molecule has 0 saturated heterocycles. The van der Waals surface area contributed by atoms with E-state index in [4.69, 9.17) is 14.0 Å². The van der Waals surface area contributed by atoms with E-state index < -0.39 is 8.30 Å². The molecular formula is C30H35NO3P2. The molecule has 0 aliphatic carbocycles. The van der Waals surface area contributed by atoms with Gasteiger partial charge in [0.1, 0.15) is 17.2 Å². The van der Waals surface area contributed by atoms with Crippen LogP contribution in [0, 0.1) is 6.92 Å². The van der Waals surface area contributed by atoms with Crippen molar-refractivity contribution in [3.63, 3.8) is 0 Å². The zero-order valence-corrected chi connectivity index (χ0v) is 23.5. The van der Waals surface area contributed by atoms with Gasteiger partial charge in [0.25, 0.3) is 0 Å². The number of aryl methyl sites for hydroxylation is 1. The molecule has 4 aromatic carbocycles. The molecule has 0 radical (unpaired) electrons. The quantitative estimate of drug-likeness (QED) is 0.217. The second-order valence-electron chi connectivity index (χ2n) is 8.23. The van der Waals surface area contributed by atoms with Crippen molar-refractivity contribution in [3.8, 4) is 17.2 Å². The predicted molar refractivity (Wildman–Crippen MR) is 156 cm³/mol. The summed E-state index contributed by atoms with van der Waals surface area (Å²) in [7, 11) is 2.83. The van der Waals surface area contributed by atoms with Crippen LogP contribution in [0.4, 0.5) is 0 Å². The highest BCUT2D eigenvalue weighted by Gasteiger charge is 2.28. The van der Waals surface area contributed by atoms with Crippen LogP contribution in [0.1, 0.15) is 19.4 Å². The van der Waals surface area contributed by atoms with Crippen molar-refractivity contribution in [1.29, 1.82) is 0 Å². The van der Waals surface area contributed by atoms with Gasteiger partial charge in [-0.1, -0.05) is 66.7 Å². The van der Waals surface area contributed by atoms with E-state index >= 15 is 0 Å². The van der Waals surface area contributed by atoms with Gasteiger partial charge in [-0.05, 0) is 77.5 Å². The number of rotatable bonds is 9. The van der Waals surface area contributed by atoms with E-state index in [1.165, 1.54) is 16.2 Å². The molecule has 2 unspecified atom stereocenters. The molecule has 0 aromatic heterocycles. The summed E-state index contributed by atoms with van der Waals surface area (Å²) in [4.78, 5) is 0. The third-order valence-corrected chi connectivity index (χ3v) is 9.66. The lowest BCUT2D eigenvalue weighted by atomic mass is 10.2. The molecular weight excluding hydrogens is 484 g/mol. The largest absolute Gasteiger partial charge is 0.497 e. The standard InChI is InChI=1S/C23H27NO2P2.C7H8O/c1-18(2)24(27-22-16-10-9-15-21(22)25-4)28(23-17-11-8-12-19(23)3)26-20-13-6-5-7-14-20;1-8-7-5-3-2-4-6-7/h5-18,27H,1-4H3;2-6H,1H3. The maximum Gasteiger partial charge on any atom is 0.201 e. The van der Waals surface area contributed by atoms with Crippen LogP contribution in [-0.4, -0.2) is 24.7 Å². The first-order valence-corrected chi connectivity index (χ1v) is 14.1. The minimum atomic E-state index is -1.01. The molecule has 0 spiro atoms. The van der Waals surface area contributed by atoms with Gasteiger partial charge in [-0.3, -0.25) is 0 Å². The van der Waals surface area contributed by atoms with Crippen LogP contribution in [0.2, 0.25) is 0 Å². The Labute approximate surface area is 219 Å². The lowest BCUT2D eigenvalue weighted by molar-refractivity contribution is 0.415. The van der Waals surface area contributed by atoms with Crippen LogP contribution in [0.15, 0.2) is 109 Å². The number of benzene rings is 4. The topological polar surface area (TPSA) is 30.9 Å². The minimum Gasteiger partial charge on any atom is -0.497 e. The second kappa shape index (κ2) is 14.6. The minimum absolute atomic E-state index is 0.317. The summed E-state index contributed by atoms with van der Waals surface area (Å²) < 4.78 is 19.6. The van der Waals surface area contributed by atoms with Gasteiger partial charge in [0.15, 0.2) is 0 Å². The number of methoxy groups -OCH3 is 2. The summed E-state index contributed by atoms with van der Waals surface area (Å²) in [5.41, 5.74) is 1.25. The third kappa shape index (κ3) is 8.07. The van der Waals surface area contributed by atoms with Crippen LogP contribution in [0.25, 0.3) is 0 Å². The Kier molecular flexibility index (Phi) is 11.2. The SMILES string of the molecule is COc1ccccc1.COc1ccccc1PN(C(C)C)P(Oc1ccccc1)c1ccccc1C. The van der Waals surface area contributed by atoms with Gasteiger partial charge < -0.3 is 14.0 Å². The summed E-state index contributed by atoms with van der Waals surface area (Å²) in [6, 6.07) is 36.9. The lowest BCUT2D eigenvalue weighted by Crippen LogP contribution is -2.28. The van der Waals surface area contributed by atoms with Crippen LogP contribution < -0.4 is 24.6 Å². The molecule has 0 aliphatic heterocycles. The van der Waals surface area contributed by atoms with E-state index in [-0.39, 0.29) is 0 Å². The van der Waals surface area contributed by atoms with Crippen LogP contribution >= 0.6 is 17.0 Å². The zero-order valence-electron chi connectivity index (χ0n) is 21.6. The first-order chi connectivity index (χ1) is 17.5. The summed E-state index contributed by atoms with van der Waals surface area (Å²) in [5, 5.41) is 2.44. The number of nitrogens with zero attached hydrogens (tertiary/aromatic N) is 1. The molecule has 36 heavy (non-hydrogen) atoms. The highest BCUT2D eigenvalue weighted by atomic mass is 31.2. The molecule has 0 aliphatic rings. The van der Waals surface area contributed by atoms with Gasteiger partial charge in [0, 0.05) is 16.7 Å². The van der Waals surface area contributed by atoms with Crippen molar-refractivity contribution in [2.24, 2.45) is 0 Å². The van der Waals surface area contributed by atoms with Crippen molar-refractivity contribution >= 4 is 27.6 Å². The molecule has 0 N–H and O–H groups in total. The third-order valence-electron chi connectivity index (χ3n) is 5.26. The average Bonchev–Trinajstić information content (AvgIpc) is 2.92. The molecule has 0 saturated carbocycles. The maximum atomic E-state index is 6.61. The Bertz CT molecular complexity index is 1170. The van der Waals surface area contributed by atoms with Crippen molar-refractivity contribution in [3.05, 3.63) is 115 Å². The Morgan fingerprint density at radius 1 is 0.667 bits per heavy atom. The molecule has 188 valence electrons. The van der Waals surface area contributed by atoms with E-state index in [9.17, 15) is 0 Å². The number of hydrogen-bond donors (Lipinski definition) is 0. The fourth-order valence-corrected chi connectivity index (χ4v) is 7.22. The molecule has 4 rings (SSSR count). The second-order valence-corrected chi connectivity index (χ2v) is 11.5. The smallest absolute Gasteiger partial charge is 0.201 e. The highest BCUT2D eigenvalue weighted by Crippen LogP contribution is 2.50. The summed E-state index contributed by atoms with van der Waals surface area (Å²) in [6.45, 7) is 6.61. The molecule has 0 fully saturated rings. The summed E-state index contributed by atoms with van der Waals surface area (Å²) >= 11 is 0. The van der Waals surface area contributed by atoms with E-state index in [1.807, 2.05) is 72.8 Å². The predicted octanol–water partition coefficient (Wildman–Crippen LogP) is 7.34. The molecule has 0 heterocycles.